The number of carbonyl (C=O) groups excluding carboxylic acids is 1. The van der Waals surface area contributed by atoms with Gasteiger partial charge in [-0.1, -0.05) is 41.0 Å². The highest BCUT2D eigenvalue weighted by Gasteiger charge is 2.14. The van der Waals surface area contributed by atoms with E-state index in [2.05, 4.69) is 15.1 Å². The van der Waals surface area contributed by atoms with Crippen LogP contribution in [-0.4, -0.2) is 31.3 Å². The number of nitrogens with zero attached hydrogens (tertiary/aromatic N) is 3. The molecule has 4 aromatic rings. The maximum Gasteiger partial charge on any atom is 0.262 e. The number of hydrogen-bond donors (Lipinski definition) is 1. The zero-order valence-corrected chi connectivity index (χ0v) is 16.6. The molecule has 0 spiro atoms. The van der Waals surface area contributed by atoms with Crippen LogP contribution in [0.4, 0.5) is 0 Å². The maximum absolute atomic E-state index is 12.4. The number of Topliss-reactive ketones (excluding diaryl/α,β-unsaturated/α-hetero) is 1. The standard InChI is InChI=1S/C19H12Cl2N4O2S/c20-12-6-4-11(5-7-12)16(26)10-28-19-23-17-15(18(27)24-19)9-22-25(17)14-3-1-2-13(21)8-14/h1-9H,10H2,(H,23,24,27). The third-order valence-corrected chi connectivity index (χ3v) is 5.34. The predicted molar refractivity (Wildman–Crippen MR) is 111 cm³/mol. The fraction of sp³-hybridized carbons (Fsp3) is 0.0526. The molecule has 0 unspecified atom stereocenters. The van der Waals surface area contributed by atoms with E-state index in [4.69, 9.17) is 23.2 Å². The smallest absolute Gasteiger partial charge is 0.262 e. The lowest BCUT2D eigenvalue weighted by molar-refractivity contribution is 0.102. The molecule has 0 fully saturated rings. The molecule has 0 saturated heterocycles. The van der Waals surface area contributed by atoms with Crippen molar-refractivity contribution in [2.75, 3.05) is 5.75 Å². The second-order valence-corrected chi connectivity index (χ2v) is 7.70. The van der Waals surface area contributed by atoms with Gasteiger partial charge < -0.3 is 4.98 Å². The molecule has 0 amide bonds. The average Bonchev–Trinajstić information content (AvgIpc) is 3.11. The van der Waals surface area contributed by atoms with Gasteiger partial charge in [-0.2, -0.15) is 5.10 Å². The predicted octanol–water partition coefficient (Wildman–Crippen LogP) is 4.39. The van der Waals surface area contributed by atoms with Gasteiger partial charge in [-0.3, -0.25) is 9.59 Å². The minimum atomic E-state index is -0.320. The minimum absolute atomic E-state index is 0.0900. The molecule has 0 saturated carbocycles. The van der Waals surface area contributed by atoms with E-state index in [-0.39, 0.29) is 17.1 Å². The van der Waals surface area contributed by atoms with Gasteiger partial charge in [0.1, 0.15) is 5.39 Å². The number of fused-ring (bicyclic) bond motifs is 1. The first-order valence-electron chi connectivity index (χ1n) is 8.17. The first-order valence-corrected chi connectivity index (χ1v) is 9.91. The number of ketones is 1. The van der Waals surface area contributed by atoms with Crippen molar-refractivity contribution in [1.82, 2.24) is 19.7 Å². The van der Waals surface area contributed by atoms with E-state index in [0.29, 0.717) is 37.5 Å². The molecular formula is C19H12Cl2N4O2S. The molecule has 140 valence electrons. The Balaban J connectivity index is 1.63. The number of H-pyrrole nitrogens is 1. The quantitative estimate of drug-likeness (QED) is 0.288. The van der Waals surface area contributed by atoms with Gasteiger partial charge in [0.2, 0.25) is 0 Å². The van der Waals surface area contributed by atoms with Gasteiger partial charge in [0.25, 0.3) is 5.56 Å². The molecule has 0 aliphatic carbocycles. The second kappa shape index (κ2) is 7.79. The summed E-state index contributed by atoms with van der Waals surface area (Å²) in [5.41, 5.74) is 1.31. The highest BCUT2D eigenvalue weighted by atomic mass is 35.5. The van der Waals surface area contributed by atoms with Crippen LogP contribution >= 0.6 is 35.0 Å². The van der Waals surface area contributed by atoms with E-state index in [1.807, 2.05) is 6.07 Å². The van der Waals surface area contributed by atoms with E-state index in [9.17, 15) is 9.59 Å². The van der Waals surface area contributed by atoms with Crippen molar-refractivity contribution in [3.05, 3.63) is 80.7 Å². The van der Waals surface area contributed by atoms with Crippen LogP contribution < -0.4 is 5.56 Å². The zero-order chi connectivity index (χ0) is 19.7. The number of aromatic amines is 1. The van der Waals surface area contributed by atoms with Crippen LogP contribution in [0.15, 0.2) is 64.7 Å². The molecule has 2 heterocycles. The molecule has 4 rings (SSSR count). The maximum atomic E-state index is 12.4. The summed E-state index contributed by atoms with van der Waals surface area (Å²) in [7, 11) is 0. The number of rotatable bonds is 5. The summed E-state index contributed by atoms with van der Waals surface area (Å²) in [6.07, 6.45) is 1.45. The molecule has 9 heteroatoms. The highest BCUT2D eigenvalue weighted by molar-refractivity contribution is 7.99. The van der Waals surface area contributed by atoms with E-state index >= 15 is 0 Å². The third kappa shape index (κ3) is 3.82. The molecule has 0 aliphatic rings. The molecule has 0 atom stereocenters. The Bertz CT molecular complexity index is 1230. The number of benzene rings is 2. The van der Waals surface area contributed by atoms with Crippen molar-refractivity contribution < 1.29 is 4.79 Å². The van der Waals surface area contributed by atoms with Gasteiger partial charge in [0, 0.05) is 15.6 Å². The van der Waals surface area contributed by atoms with Crippen LogP contribution in [0, 0.1) is 0 Å². The molecule has 6 nitrogen and oxygen atoms in total. The molecule has 0 aliphatic heterocycles. The molecule has 2 aromatic carbocycles. The number of halogens is 2. The molecular weight excluding hydrogens is 419 g/mol. The van der Waals surface area contributed by atoms with E-state index < -0.39 is 0 Å². The van der Waals surface area contributed by atoms with Crippen LogP contribution in [0.2, 0.25) is 10.0 Å². The first-order chi connectivity index (χ1) is 13.5. The van der Waals surface area contributed by atoms with Crippen LogP contribution in [0.25, 0.3) is 16.7 Å². The number of nitrogens with one attached hydrogen (secondary N) is 1. The lowest BCUT2D eigenvalue weighted by Crippen LogP contribution is -2.11. The van der Waals surface area contributed by atoms with Crippen molar-refractivity contribution in [3.8, 4) is 5.69 Å². The lowest BCUT2D eigenvalue weighted by Gasteiger charge is -2.05. The SMILES string of the molecule is O=C(CSc1nc2c(cnn2-c2cccc(Cl)c2)c(=O)[nH]1)c1ccc(Cl)cc1. The topological polar surface area (TPSA) is 80.6 Å². The number of carbonyl (C=O) groups is 1. The van der Waals surface area contributed by atoms with Gasteiger partial charge in [-0.05, 0) is 42.5 Å². The number of thioether (sulfide) groups is 1. The van der Waals surface area contributed by atoms with Crippen LogP contribution in [0.3, 0.4) is 0 Å². The van der Waals surface area contributed by atoms with Crippen molar-refractivity contribution in [3.63, 3.8) is 0 Å². The summed E-state index contributed by atoms with van der Waals surface area (Å²) in [4.78, 5) is 31.9. The molecule has 1 N–H and O–H groups in total. The zero-order valence-electron chi connectivity index (χ0n) is 14.2. The Morgan fingerprint density at radius 2 is 1.89 bits per heavy atom. The van der Waals surface area contributed by atoms with Gasteiger partial charge in [0.15, 0.2) is 16.6 Å². The van der Waals surface area contributed by atoms with Gasteiger partial charge in [-0.25, -0.2) is 9.67 Å². The minimum Gasteiger partial charge on any atom is -0.301 e. The monoisotopic (exact) mass is 430 g/mol. The Morgan fingerprint density at radius 1 is 1.11 bits per heavy atom. The van der Waals surface area contributed by atoms with Crippen molar-refractivity contribution in [2.24, 2.45) is 0 Å². The van der Waals surface area contributed by atoms with E-state index in [0.717, 1.165) is 11.8 Å². The van der Waals surface area contributed by atoms with Crippen molar-refractivity contribution >= 4 is 51.8 Å². The Kier molecular flexibility index (Phi) is 5.21. The van der Waals surface area contributed by atoms with E-state index in [1.54, 1.807) is 47.1 Å². The Labute approximate surface area is 173 Å². The highest BCUT2D eigenvalue weighted by Crippen LogP contribution is 2.21. The Hall–Kier alpha value is -2.61. The van der Waals surface area contributed by atoms with Crippen LogP contribution in [0.1, 0.15) is 10.4 Å². The van der Waals surface area contributed by atoms with Gasteiger partial charge >= 0.3 is 0 Å². The Morgan fingerprint density at radius 3 is 2.64 bits per heavy atom. The fourth-order valence-corrected chi connectivity index (χ4v) is 3.68. The lowest BCUT2D eigenvalue weighted by atomic mass is 10.1. The number of aromatic nitrogens is 4. The summed E-state index contributed by atoms with van der Waals surface area (Å²) >= 11 is 13.0. The summed E-state index contributed by atoms with van der Waals surface area (Å²) in [5.74, 6) is 0.0363. The second-order valence-electron chi connectivity index (χ2n) is 5.86. The van der Waals surface area contributed by atoms with Gasteiger partial charge in [0.05, 0.1) is 17.6 Å². The van der Waals surface area contributed by atoms with Gasteiger partial charge in [-0.15, -0.1) is 0 Å². The normalized spacial score (nSPS) is 11.1. The molecule has 28 heavy (non-hydrogen) atoms. The van der Waals surface area contributed by atoms with Crippen molar-refractivity contribution in [2.45, 2.75) is 5.16 Å². The summed E-state index contributed by atoms with van der Waals surface area (Å²) in [5, 5.41) is 6.05. The molecule has 0 bridgehead atoms. The number of hydrogen-bond acceptors (Lipinski definition) is 5. The molecule has 2 aromatic heterocycles. The van der Waals surface area contributed by atoms with Crippen molar-refractivity contribution in [1.29, 1.82) is 0 Å². The fourth-order valence-electron chi connectivity index (χ4n) is 2.62. The largest absolute Gasteiger partial charge is 0.301 e. The van der Waals surface area contributed by atoms with Crippen LogP contribution in [0.5, 0.6) is 0 Å². The first kappa shape index (κ1) is 18.7. The summed E-state index contributed by atoms with van der Waals surface area (Å²) < 4.78 is 1.54. The van der Waals surface area contributed by atoms with Crippen LogP contribution in [-0.2, 0) is 0 Å². The van der Waals surface area contributed by atoms with E-state index in [1.165, 1.54) is 6.20 Å². The summed E-state index contributed by atoms with van der Waals surface area (Å²) in [6, 6.07) is 13.7. The molecule has 0 radical (unpaired) electrons. The summed E-state index contributed by atoms with van der Waals surface area (Å²) in [6.45, 7) is 0. The third-order valence-electron chi connectivity index (χ3n) is 3.98. The average molecular weight is 431 g/mol.